The van der Waals surface area contributed by atoms with Gasteiger partial charge in [-0.1, -0.05) is 6.92 Å². The maximum atomic E-state index is 11.0. The first-order valence-electron chi connectivity index (χ1n) is 8.12. The number of carboxylic acids is 1. The molecule has 0 saturated carbocycles. The predicted octanol–water partition coefficient (Wildman–Crippen LogP) is 4.53. The normalized spacial score (nSPS) is 10.6. The summed E-state index contributed by atoms with van der Waals surface area (Å²) in [5.41, 5.74) is 2.96. The number of carbonyl (C=O) groups is 1. The van der Waals surface area contributed by atoms with Gasteiger partial charge in [-0.25, -0.2) is 14.8 Å². The van der Waals surface area contributed by atoms with Crippen LogP contribution in [0.2, 0.25) is 0 Å². The average molecular weight is 369 g/mol. The van der Waals surface area contributed by atoms with Gasteiger partial charge < -0.3 is 15.2 Å². The first kappa shape index (κ1) is 17.9. The maximum Gasteiger partial charge on any atom is 0.335 e. The molecule has 6 nitrogen and oxygen atoms in total. The number of nitrogens with zero attached hydrogens (tertiary/aromatic N) is 2. The van der Waals surface area contributed by atoms with Crippen molar-refractivity contribution in [2.75, 3.05) is 12.4 Å². The maximum absolute atomic E-state index is 11.0. The number of nitrogens with one attached hydrogen (secondary N) is 1. The van der Waals surface area contributed by atoms with Crippen molar-refractivity contribution >= 4 is 28.8 Å². The van der Waals surface area contributed by atoms with Gasteiger partial charge in [0.15, 0.2) is 5.82 Å². The molecule has 0 spiro atoms. The highest BCUT2D eigenvalue weighted by atomic mass is 32.1. The van der Waals surface area contributed by atoms with Gasteiger partial charge in [-0.05, 0) is 37.6 Å². The highest BCUT2D eigenvalue weighted by Crippen LogP contribution is 2.31. The van der Waals surface area contributed by atoms with Crippen molar-refractivity contribution in [3.8, 4) is 16.5 Å². The second-order valence-corrected chi connectivity index (χ2v) is 6.58. The number of ether oxygens (including phenoxy) is 1. The van der Waals surface area contributed by atoms with E-state index in [0.29, 0.717) is 5.82 Å². The van der Waals surface area contributed by atoms with E-state index in [0.717, 1.165) is 39.8 Å². The van der Waals surface area contributed by atoms with E-state index < -0.39 is 5.97 Å². The minimum Gasteiger partial charge on any atom is -0.496 e. The Kier molecular flexibility index (Phi) is 5.18. The fourth-order valence-electron chi connectivity index (χ4n) is 2.61. The van der Waals surface area contributed by atoms with Gasteiger partial charge in [0.2, 0.25) is 0 Å². The van der Waals surface area contributed by atoms with E-state index in [2.05, 4.69) is 17.2 Å². The molecule has 1 aromatic carbocycles. The van der Waals surface area contributed by atoms with Crippen LogP contribution in [0.5, 0.6) is 5.75 Å². The number of anilines is 2. The number of hydrogen-bond acceptors (Lipinski definition) is 6. The monoisotopic (exact) mass is 369 g/mol. The number of aromatic carboxylic acids is 1. The largest absolute Gasteiger partial charge is 0.496 e. The molecule has 2 aromatic heterocycles. The van der Waals surface area contributed by atoms with Crippen LogP contribution < -0.4 is 10.1 Å². The molecule has 0 fully saturated rings. The van der Waals surface area contributed by atoms with E-state index in [1.165, 1.54) is 11.3 Å². The van der Waals surface area contributed by atoms with Crippen LogP contribution in [-0.4, -0.2) is 28.2 Å². The van der Waals surface area contributed by atoms with Crippen LogP contribution in [0, 0.1) is 6.92 Å². The van der Waals surface area contributed by atoms with Gasteiger partial charge in [0.25, 0.3) is 0 Å². The van der Waals surface area contributed by atoms with Gasteiger partial charge in [-0.2, -0.15) is 0 Å². The topological polar surface area (TPSA) is 84.3 Å². The SMILES string of the molecule is CCc1c(C)nc(-c2cc(OC)cs2)nc1Nc1ccc(C(=O)O)cc1. The van der Waals surface area contributed by atoms with E-state index in [-0.39, 0.29) is 5.56 Å². The molecule has 0 saturated heterocycles. The minimum absolute atomic E-state index is 0.247. The van der Waals surface area contributed by atoms with Crippen molar-refractivity contribution in [3.63, 3.8) is 0 Å². The summed E-state index contributed by atoms with van der Waals surface area (Å²) in [6.45, 7) is 4.02. The smallest absolute Gasteiger partial charge is 0.335 e. The molecule has 0 amide bonds. The number of hydrogen-bond donors (Lipinski definition) is 2. The van der Waals surface area contributed by atoms with Crippen molar-refractivity contribution in [1.29, 1.82) is 0 Å². The van der Waals surface area contributed by atoms with Crippen LogP contribution in [-0.2, 0) is 6.42 Å². The molecule has 0 aliphatic rings. The lowest BCUT2D eigenvalue weighted by Gasteiger charge is -2.13. The highest BCUT2D eigenvalue weighted by Gasteiger charge is 2.14. The molecule has 7 heteroatoms. The molecule has 134 valence electrons. The van der Waals surface area contributed by atoms with Gasteiger partial charge in [-0.15, -0.1) is 11.3 Å². The summed E-state index contributed by atoms with van der Waals surface area (Å²) < 4.78 is 5.24. The molecular formula is C19H19N3O3S. The Labute approximate surface area is 155 Å². The van der Waals surface area contributed by atoms with Crippen molar-refractivity contribution in [1.82, 2.24) is 9.97 Å². The lowest BCUT2D eigenvalue weighted by Crippen LogP contribution is -2.05. The van der Waals surface area contributed by atoms with Crippen LogP contribution in [0.1, 0.15) is 28.5 Å². The molecule has 0 aliphatic carbocycles. The van der Waals surface area contributed by atoms with Crippen molar-refractivity contribution in [3.05, 3.63) is 52.5 Å². The summed E-state index contributed by atoms with van der Waals surface area (Å²) in [4.78, 5) is 21.2. The first-order chi connectivity index (χ1) is 12.5. The van der Waals surface area contributed by atoms with Crippen LogP contribution in [0.4, 0.5) is 11.5 Å². The van der Waals surface area contributed by atoms with E-state index in [9.17, 15) is 4.79 Å². The molecule has 26 heavy (non-hydrogen) atoms. The third kappa shape index (κ3) is 3.67. The van der Waals surface area contributed by atoms with Crippen LogP contribution in [0.25, 0.3) is 10.7 Å². The summed E-state index contributed by atoms with van der Waals surface area (Å²) in [6, 6.07) is 8.50. The zero-order valence-corrected chi connectivity index (χ0v) is 15.6. The second-order valence-electron chi connectivity index (χ2n) is 5.67. The number of carboxylic acid groups (broad SMARTS) is 1. The molecule has 0 atom stereocenters. The lowest BCUT2D eigenvalue weighted by atomic mass is 10.1. The van der Waals surface area contributed by atoms with Gasteiger partial charge in [0, 0.05) is 28.4 Å². The zero-order valence-electron chi connectivity index (χ0n) is 14.7. The number of aryl methyl sites for hydroxylation is 1. The zero-order chi connectivity index (χ0) is 18.7. The second kappa shape index (κ2) is 7.53. The van der Waals surface area contributed by atoms with E-state index in [4.69, 9.17) is 14.8 Å². The number of thiophene rings is 1. The summed E-state index contributed by atoms with van der Waals surface area (Å²) in [7, 11) is 1.63. The molecule has 3 rings (SSSR count). The van der Waals surface area contributed by atoms with E-state index >= 15 is 0 Å². The van der Waals surface area contributed by atoms with Gasteiger partial charge in [-0.3, -0.25) is 0 Å². The third-order valence-electron chi connectivity index (χ3n) is 3.99. The Morgan fingerprint density at radius 2 is 2.00 bits per heavy atom. The summed E-state index contributed by atoms with van der Waals surface area (Å²) >= 11 is 1.53. The standard InChI is InChI=1S/C19H19N3O3S/c1-4-15-11(2)20-18(16-9-14(25-3)10-26-16)22-17(15)21-13-7-5-12(6-8-13)19(23)24/h5-10H,4H2,1-3H3,(H,23,24)(H,20,21,22). The van der Waals surface area contributed by atoms with Crippen molar-refractivity contribution in [2.24, 2.45) is 0 Å². The Morgan fingerprint density at radius 3 is 2.58 bits per heavy atom. The number of aromatic nitrogens is 2. The first-order valence-corrected chi connectivity index (χ1v) is 9.00. The molecule has 0 radical (unpaired) electrons. The lowest BCUT2D eigenvalue weighted by molar-refractivity contribution is 0.0697. The Balaban J connectivity index is 1.97. The quantitative estimate of drug-likeness (QED) is 0.664. The van der Waals surface area contributed by atoms with Crippen LogP contribution in [0.15, 0.2) is 35.7 Å². The Bertz CT molecular complexity index is 936. The van der Waals surface area contributed by atoms with Crippen molar-refractivity contribution < 1.29 is 14.6 Å². The molecule has 2 heterocycles. The Morgan fingerprint density at radius 1 is 1.27 bits per heavy atom. The van der Waals surface area contributed by atoms with Gasteiger partial charge >= 0.3 is 5.97 Å². The number of rotatable bonds is 6. The van der Waals surface area contributed by atoms with Crippen LogP contribution in [0.3, 0.4) is 0 Å². The van der Waals surface area contributed by atoms with E-state index in [1.807, 2.05) is 18.4 Å². The summed E-state index contributed by atoms with van der Waals surface area (Å²) in [5, 5.41) is 14.2. The summed E-state index contributed by atoms with van der Waals surface area (Å²) in [5.74, 6) is 1.20. The molecule has 2 N–H and O–H groups in total. The number of methoxy groups -OCH3 is 1. The fraction of sp³-hybridized carbons (Fsp3) is 0.211. The minimum atomic E-state index is -0.947. The fourth-order valence-corrected chi connectivity index (χ4v) is 3.40. The molecule has 0 aliphatic heterocycles. The van der Waals surface area contributed by atoms with Gasteiger partial charge in [0.1, 0.15) is 11.6 Å². The number of benzene rings is 1. The molecule has 0 bridgehead atoms. The van der Waals surface area contributed by atoms with Gasteiger partial charge in [0.05, 0.1) is 17.6 Å². The third-order valence-corrected chi connectivity index (χ3v) is 4.90. The molecular weight excluding hydrogens is 350 g/mol. The molecule has 0 unspecified atom stereocenters. The highest BCUT2D eigenvalue weighted by molar-refractivity contribution is 7.13. The van der Waals surface area contributed by atoms with Crippen molar-refractivity contribution in [2.45, 2.75) is 20.3 Å². The molecule has 3 aromatic rings. The Hall–Kier alpha value is -2.93. The van der Waals surface area contributed by atoms with E-state index in [1.54, 1.807) is 31.4 Å². The van der Waals surface area contributed by atoms with Crippen LogP contribution >= 0.6 is 11.3 Å². The predicted molar refractivity (Wildman–Crippen MR) is 103 cm³/mol. The summed E-state index contributed by atoms with van der Waals surface area (Å²) in [6.07, 6.45) is 0.787. The average Bonchev–Trinajstić information content (AvgIpc) is 3.11.